The Labute approximate surface area is 124 Å². The highest BCUT2D eigenvalue weighted by Gasteiger charge is 2.29. The van der Waals surface area contributed by atoms with Gasteiger partial charge in [0.2, 0.25) is 0 Å². The minimum atomic E-state index is -0.585. The average molecular weight is 311 g/mol. The molecule has 1 aromatic heterocycles. The fraction of sp³-hybridized carbons (Fsp3) is 0.143. The summed E-state index contributed by atoms with van der Waals surface area (Å²) < 4.78 is 10.3. The fourth-order valence-electron chi connectivity index (χ4n) is 2.14. The van der Waals surface area contributed by atoms with E-state index in [0.29, 0.717) is 29.6 Å². The van der Waals surface area contributed by atoms with Crippen LogP contribution in [0.3, 0.4) is 0 Å². The van der Waals surface area contributed by atoms with Crippen molar-refractivity contribution in [1.82, 2.24) is 0 Å². The van der Waals surface area contributed by atoms with Crippen LogP contribution in [0.1, 0.15) is 21.5 Å². The predicted octanol–water partition coefficient (Wildman–Crippen LogP) is 3.32. The first-order chi connectivity index (χ1) is 9.61. The molecule has 0 saturated heterocycles. The summed E-state index contributed by atoms with van der Waals surface area (Å²) in [4.78, 5) is 23.1. The Balaban J connectivity index is 2.09. The Morgan fingerprint density at radius 2 is 2.15 bits per heavy atom. The Kier molecular flexibility index (Phi) is 3.28. The summed E-state index contributed by atoms with van der Waals surface area (Å²) in [5.74, 6) is 0.0838. The molecule has 0 fully saturated rings. The zero-order valence-electron chi connectivity index (χ0n) is 10.1. The Hall–Kier alpha value is -1.78. The second kappa shape index (κ2) is 4.96. The van der Waals surface area contributed by atoms with Crippen LogP contribution >= 0.6 is 23.2 Å². The quantitative estimate of drug-likeness (QED) is 0.644. The second-order valence-electron chi connectivity index (χ2n) is 4.38. The van der Waals surface area contributed by atoms with Gasteiger partial charge in [-0.2, -0.15) is 0 Å². The molecule has 1 aliphatic rings. The molecule has 0 saturated carbocycles. The zero-order chi connectivity index (χ0) is 14.3. The van der Waals surface area contributed by atoms with Crippen LogP contribution in [0.2, 0.25) is 10.0 Å². The molecular weight excluding hydrogens is 303 g/mol. The van der Waals surface area contributed by atoms with E-state index in [1.54, 1.807) is 12.1 Å². The number of ketones is 1. The molecule has 0 aliphatic carbocycles. The monoisotopic (exact) mass is 310 g/mol. The largest absolute Gasteiger partial charge is 0.481 e. The van der Waals surface area contributed by atoms with Crippen LogP contribution in [0.15, 0.2) is 29.1 Å². The van der Waals surface area contributed by atoms with Crippen molar-refractivity contribution < 1.29 is 18.7 Å². The molecule has 6 heteroatoms. The number of hydrogen-bond donors (Lipinski definition) is 0. The lowest BCUT2D eigenvalue weighted by molar-refractivity contribution is -0.113. The maximum absolute atomic E-state index is 12.3. The van der Waals surface area contributed by atoms with Crippen LogP contribution in [0, 0.1) is 0 Å². The summed E-state index contributed by atoms with van der Waals surface area (Å²) in [6.07, 6.45) is 3.23. The lowest BCUT2D eigenvalue weighted by Gasteiger charge is -2.09. The number of furan rings is 1. The topological polar surface area (TPSA) is 56.5 Å². The maximum Gasteiger partial charge on any atom is 0.197 e. The molecule has 1 aliphatic heterocycles. The van der Waals surface area contributed by atoms with Crippen LogP contribution in [-0.2, 0) is 11.2 Å². The molecule has 2 aromatic rings. The summed E-state index contributed by atoms with van der Waals surface area (Å²) in [5.41, 5.74) is 1.35. The van der Waals surface area contributed by atoms with E-state index in [9.17, 15) is 9.59 Å². The third-order valence-electron chi connectivity index (χ3n) is 3.11. The molecule has 1 atom stereocenters. The van der Waals surface area contributed by atoms with Crippen molar-refractivity contribution in [2.45, 2.75) is 12.5 Å². The van der Waals surface area contributed by atoms with E-state index in [1.807, 2.05) is 0 Å². The van der Waals surface area contributed by atoms with Crippen molar-refractivity contribution in [3.63, 3.8) is 0 Å². The third kappa shape index (κ3) is 2.01. The molecule has 1 unspecified atom stereocenters. The van der Waals surface area contributed by atoms with Crippen molar-refractivity contribution in [1.29, 1.82) is 0 Å². The maximum atomic E-state index is 12.3. The summed E-state index contributed by atoms with van der Waals surface area (Å²) >= 11 is 12.3. The van der Waals surface area contributed by atoms with E-state index < -0.39 is 6.10 Å². The molecule has 20 heavy (non-hydrogen) atoms. The highest BCUT2D eigenvalue weighted by Crippen LogP contribution is 2.42. The summed E-state index contributed by atoms with van der Waals surface area (Å²) in [5, 5.41) is 0.267. The number of rotatable bonds is 3. The number of fused-ring (bicyclic) bond motifs is 1. The molecule has 0 radical (unpaired) electrons. The standard InChI is InChI=1S/C14H8Cl2O4/c15-11-10(13(18)7-1-2-19-6-7)4-8-3-9(5-17)20-14(8)12(11)16/h1-2,4-6,9H,3H2. The summed E-state index contributed by atoms with van der Waals surface area (Å²) in [6, 6.07) is 3.16. The van der Waals surface area contributed by atoms with Crippen molar-refractivity contribution in [3.8, 4) is 5.75 Å². The van der Waals surface area contributed by atoms with E-state index in [1.165, 1.54) is 12.5 Å². The predicted molar refractivity (Wildman–Crippen MR) is 72.8 cm³/mol. The molecule has 102 valence electrons. The Morgan fingerprint density at radius 3 is 2.80 bits per heavy atom. The van der Waals surface area contributed by atoms with E-state index in [-0.39, 0.29) is 21.4 Å². The van der Waals surface area contributed by atoms with Gasteiger partial charge in [0.1, 0.15) is 17.0 Å². The number of ether oxygens (including phenoxy) is 1. The smallest absolute Gasteiger partial charge is 0.197 e. The van der Waals surface area contributed by atoms with Crippen LogP contribution in [0.4, 0.5) is 0 Å². The Morgan fingerprint density at radius 1 is 1.35 bits per heavy atom. The lowest BCUT2D eigenvalue weighted by atomic mass is 10.0. The first-order valence-corrected chi connectivity index (χ1v) is 6.57. The van der Waals surface area contributed by atoms with E-state index >= 15 is 0 Å². The number of benzene rings is 1. The van der Waals surface area contributed by atoms with E-state index in [4.69, 9.17) is 32.4 Å². The third-order valence-corrected chi connectivity index (χ3v) is 3.96. The average Bonchev–Trinajstić information content (AvgIpc) is 3.10. The first kappa shape index (κ1) is 13.2. The number of carbonyl (C=O) groups excluding carboxylic acids is 2. The van der Waals surface area contributed by atoms with Gasteiger partial charge < -0.3 is 9.15 Å². The van der Waals surface area contributed by atoms with Crippen molar-refractivity contribution in [2.24, 2.45) is 0 Å². The van der Waals surface area contributed by atoms with Crippen LogP contribution in [-0.4, -0.2) is 18.2 Å². The lowest BCUT2D eigenvalue weighted by Crippen LogP contribution is -2.13. The van der Waals surface area contributed by atoms with Gasteiger partial charge in [0.05, 0.1) is 16.8 Å². The minimum Gasteiger partial charge on any atom is -0.481 e. The normalized spacial score (nSPS) is 16.6. The SMILES string of the molecule is O=CC1Cc2cc(C(=O)c3ccoc3)c(Cl)c(Cl)c2O1. The molecular formula is C14H8Cl2O4. The highest BCUT2D eigenvalue weighted by molar-refractivity contribution is 6.45. The highest BCUT2D eigenvalue weighted by atomic mass is 35.5. The first-order valence-electron chi connectivity index (χ1n) is 5.81. The zero-order valence-corrected chi connectivity index (χ0v) is 11.6. The van der Waals surface area contributed by atoms with Crippen molar-refractivity contribution >= 4 is 35.3 Å². The van der Waals surface area contributed by atoms with Gasteiger partial charge in [-0.05, 0) is 12.1 Å². The van der Waals surface area contributed by atoms with Gasteiger partial charge in [-0.3, -0.25) is 9.59 Å². The van der Waals surface area contributed by atoms with Crippen LogP contribution in [0.25, 0.3) is 0 Å². The number of hydrogen-bond acceptors (Lipinski definition) is 4. The molecule has 1 aromatic carbocycles. The minimum absolute atomic E-state index is 0.114. The fourth-order valence-corrected chi connectivity index (χ4v) is 2.64. The van der Waals surface area contributed by atoms with E-state index in [0.717, 1.165) is 0 Å². The number of carbonyl (C=O) groups is 2. The van der Waals surface area contributed by atoms with Crippen molar-refractivity contribution in [3.05, 3.63) is 51.4 Å². The molecule has 4 nitrogen and oxygen atoms in total. The second-order valence-corrected chi connectivity index (χ2v) is 5.13. The van der Waals surface area contributed by atoms with Crippen LogP contribution in [0.5, 0.6) is 5.75 Å². The van der Waals surface area contributed by atoms with Gasteiger partial charge in [-0.1, -0.05) is 23.2 Å². The molecule has 3 rings (SSSR count). The van der Waals surface area contributed by atoms with Gasteiger partial charge >= 0.3 is 0 Å². The van der Waals surface area contributed by atoms with Gasteiger partial charge in [0.25, 0.3) is 0 Å². The molecule has 0 spiro atoms. The van der Waals surface area contributed by atoms with Gasteiger partial charge in [0, 0.05) is 17.5 Å². The van der Waals surface area contributed by atoms with Gasteiger partial charge in [-0.15, -0.1) is 0 Å². The van der Waals surface area contributed by atoms with Crippen LogP contribution < -0.4 is 4.74 Å². The molecule has 2 heterocycles. The molecule has 0 bridgehead atoms. The molecule has 0 amide bonds. The number of aldehydes is 1. The summed E-state index contributed by atoms with van der Waals surface area (Å²) in [6.45, 7) is 0. The van der Waals surface area contributed by atoms with E-state index in [2.05, 4.69) is 0 Å². The van der Waals surface area contributed by atoms with Crippen molar-refractivity contribution in [2.75, 3.05) is 0 Å². The van der Waals surface area contributed by atoms with Gasteiger partial charge in [-0.25, -0.2) is 0 Å². The Bertz CT molecular complexity index is 692. The summed E-state index contributed by atoms with van der Waals surface area (Å²) in [7, 11) is 0. The number of halogens is 2. The molecule has 0 N–H and O–H groups in total. The van der Waals surface area contributed by atoms with Gasteiger partial charge in [0.15, 0.2) is 18.2 Å².